The number of unbranched alkanes of at least 4 members (excludes halogenated alkanes) is 1. The molecule has 0 amide bonds. The Morgan fingerprint density at radius 2 is 1.32 bits per heavy atom. The third kappa shape index (κ3) is 30.2. The fourth-order valence-corrected chi connectivity index (χ4v) is 3.03. The first-order valence-electron chi connectivity index (χ1n) is 10.1. The van der Waals surface area contributed by atoms with Crippen molar-refractivity contribution < 1.29 is 39.7 Å². The fourth-order valence-electron chi connectivity index (χ4n) is 1.86. The first-order chi connectivity index (χ1) is 13.2. The van der Waals surface area contributed by atoms with Crippen molar-refractivity contribution in [1.29, 1.82) is 0 Å². The van der Waals surface area contributed by atoms with Gasteiger partial charge in [0.1, 0.15) is 0 Å². The van der Waals surface area contributed by atoms with Gasteiger partial charge >= 0.3 is 78.0 Å². The van der Waals surface area contributed by atoms with E-state index in [1.807, 2.05) is 0 Å². The van der Waals surface area contributed by atoms with Gasteiger partial charge in [-0.05, 0) is 19.3 Å². The number of rotatable bonds is 9. The van der Waals surface area contributed by atoms with Crippen molar-refractivity contribution >= 4 is 0 Å². The molecule has 0 aromatic carbocycles. The van der Waals surface area contributed by atoms with Gasteiger partial charge in [-0.1, -0.05) is 39.0 Å². The maximum atomic E-state index is 10.1. The summed E-state index contributed by atoms with van der Waals surface area (Å²) < 4.78 is 1.72. The van der Waals surface area contributed by atoms with Gasteiger partial charge in [-0.15, -0.1) is 38.0 Å². The van der Waals surface area contributed by atoms with Crippen LogP contribution in [0.25, 0.3) is 0 Å². The Morgan fingerprint density at radius 1 is 0.929 bits per heavy atom. The molecule has 0 aromatic rings. The zero-order valence-corrected chi connectivity index (χ0v) is 22.0. The van der Waals surface area contributed by atoms with Gasteiger partial charge in [0.05, 0.1) is 0 Å². The summed E-state index contributed by atoms with van der Waals surface area (Å²) in [6.45, 7) is 17.3. The molecule has 0 saturated carbocycles. The number of allylic oxidation sites excluding steroid dienone is 4. The summed E-state index contributed by atoms with van der Waals surface area (Å²) in [6.07, 6.45) is 15.1. The molecule has 1 rings (SSSR count). The van der Waals surface area contributed by atoms with E-state index in [0.717, 1.165) is 0 Å². The number of hydrogen-bond donors (Lipinski definition) is 0. The van der Waals surface area contributed by atoms with E-state index in [0.29, 0.717) is 19.3 Å². The van der Waals surface area contributed by atoms with Crippen LogP contribution in [0.3, 0.4) is 0 Å². The normalized spacial score (nSPS) is 14.9. The van der Waals surface area contributed by atoms with Crippen molar-refractivity contribution in [2.75, 3.05) is 0 Å². The Kier molecular flexibility index (Phi) is 28.1. The second-order valence-electron chi connectivity index (χ2n) is 6.72. The van der Waals surface area contributed by atoms with E-state index in [2.05, 4.69) is 38.8 Å². The molecule has 4 heteroatoms. The fraction of sp³-hybridized carbons (Fsp3) is 0.583. The van der Waals surface area contributed by atoms with Gasteiger partial charge in [-0.3, -0.25) is 0 Å². The Bertz CT molecular complexity index is 402. The Morgan fingerprint density at radius 3 is 1.50 bits per heavy atom. The second kappa shape index (κ2) is 24.5. The summed E-state index contributed by atoms with van der Waals surface area (Å²) in [7, 11) is 0. The summed E-state index contributed by atoms with van der Waals surface area (Å²) in [5.74, 6) is 0. The predicted octanol–water partition coefficient (Wildman–Crippen LogP) is 3.87. The average Bonchev–Trinajstić information content (AvgIpc) is 2.99. The molecule has 0 aliphatic heterocycles. The average molecular weight is 555 g/mol. The summed E-state index contributed by atoms with van der Waals surface area (Å²) in [6, 6.07) is 0. The van der Waals surface area contributed by atoms with Crippen LogP contribution in [-0.2, 0) is 24.4 Å². The van der Waals surface area contributed by atoms with Crippen LogP contribution in [0.4, 0.5) is 0 Å². The molecule has 0 N–H and O–H groups in total. The quantitative estimate of drug-likeness (QED) is 0.321. The molecular formula is C24H40HfO3. The topological polar surface area (TPSA) is 69.2 Å². The third-order valence-electron chi connectivity index (χ3n) is 3.32. The van der Waals surface area contributed by atoms with E-state index >= 15 is 0 Å². The maximum absolute atomic E-state index is 10.1. The summed E-state index contributed by atoms with van der Waals surface area (Å²) in [5.41, 5.74) is 1.65. The summed E-state index contributed by atoms with van der Waals surface area (Å²) in [4.78, 5) is 0. The van der Waals surface area contributed by atoms with Crippen molar-refractivity contribution in [3.8, 4) is 0 Å². The minimum absolute atomic E-state index is 0.470. The second-order valence-corrected chi connectivity index (χ2v) is 8.89. The van der Waals surface area contributed by atoms with Gasteiger partial charge in [-0.25, -0.2) is 0 Å². The third-order valence-corrected chi connectivity index (χ3v) is 5.21. The Balaban J connectivity index is -0.000000309. The number of hydrogen-bond acceptors (Lipinski definition) is 3. The zero-order valence-electron chi connectivity index (χ0n) is 18.4. The van der Waals surface area contributed by atoms with Crippen molar-refractivity contribution in [1.82, 2.24) is 0 Å². The van der Waals surface area contributed by atoms with Crippen LogP contribution in [0.1, 0.15) is 72.6 Å². The van der Waals surface area contributed by atoms with Crippen LogP contribution in [0, 0.1) is 0 Å². The molecule has 0 fully saturated rings. The van der Waals surface area contributed by atoms with Crippen LogP contribution in [0.2, 0.25) is 0 Å². The Labute approximate surface area is 189 Å². The van der Waals surface area contributed by atoms with Gasteiger partial charge in [-0.2, -0.15) is 0 Å². The van der Waals surface area contributed by atoms with E-state index in [4.69, 9.17) is 0 Å². The molecule has 1 aliphatic rings. The van der Waals surface area contributed by atoms with Crippen molar-refractivity contribution in [3.05, 3.63) is 59.0 Å². The molecule has 3 unspecified atom stereocenters. The van der Waals surface area contributed by atoms with Crippen LogP contribution in [-0.4, -0.2) is 18.3 Å². The monoisotopic (exact) mass is 556 g/mol. The molecule has 0 aromatic heterocycles. The first kappa shape index (κ1) is 32.1. The molecular weight excluding hydrogens is 515 g/mol. The summed E-state index contributed by atoms with van der Waals surface area (Å²) in [5, 5.41) is 30.2. The molecule has 0 radical (unpaired) electrons. The molecule has 0 spiro atoms. The zero-order chi connectivity index (χ0) is 22.4. The molecule has 0 saturated heterocycles. The van der Waals surface area contributed by atoms with E-state index in [-0.39, 0.29) is 0 Å². The standard InChI is InChI=1S/C9H13.3C5H9O.Hf/c1-2-3-6-9-7-4-5-8-9;3*1-3-4-5(2)6;/h4,7H,2-3,5-6H2,1H3;3*3,5H,1,4H2,2H3;/q;3*-1;+3. The van der Waals surface area contributed by atoms with Gasteiger partial charge in [0.15, 0.2) is 0 Å². The van der Waals surface area contributed by atoms with Gasteiger partial charge in [0.2, 0.25) is 0 Å². The van der Waals surface area contributed by atoms with E-state index in [9.17, 15) is 15.3 Å². The SMILES string of the molecule is C=CCC(C)[O-].C=CCC(C)[O-].C=CCC(C)[O-].CCCCC1=[C]([Hf+3])CC=C1. The van der Waals surface area contributed by atoms with Gasteiger partial charge < -0.3 is 15.3 Å². The molecule has 3 atom stereocenters. The predicted molar refractivity (Wildman–Crippen MR) is 113 cm³/mol. The molecule has 1 aliphatic carbocycles. The molecule has 0 bridgehead atoms. The summed E-state index contributed by atoms with van der Waals surface area (Å²) >= 11 is 1.27. The minimum atomic E-state index is -0.470. The van der Waals surface area contributed by atoms with Crippen molar-refractivity contribution in [2.24, 2.45) is 0 Å². The van der Waals surface area contributed by atoms with E-state index in [1.165, 1.54) is 50.1 Å². The van der Waals surface area contributed by atoms with Gasteiger partial charge in [0, 0.05) is 0 Å². The molecule has 28 heavy (non-hydrogen) atoms. The van der Waals surface area contributed by atoms with Crippen LogP contribution < -0.4 is 15.3 Å². The van der Waals surface area contributed by atoms with Crippen LogP contribution in [0.5, 0.6) is 0 Å². The van der Waals surface area contributed by atoms with Crippen molar-refractivity contribution in [3.63, 3.8) is 0 Å². The van der Waals surface area contributed by atoms with Crippen molar-refractivity contribution in [2.45, 2.75) is 91.0 Å². The molecule has 3 nitrogen and oxygen atoms in total. The van der Waals surface area contributed by atoms with Crippen LogP contribution >= 0.6 is 0 Å². The molecule has 158 valence electrons. The Hall–Kier alpha value is -0.550. The van der Waals surface area contributed by atoms with Gasteiger partial charge in [0.25, 0.3) is 0 Å². The van der Waals surface area contributed by atoms with Crippen LogP contribution in [0.15, 0.2) is 59.0 Å². The molecule has 0 heterocycles. The van der Waals surface area contributed by atoms with E-state index < -0.39 is 18.3 Å². The first-order valence-corrected chi connectivity index (χ1v) is 11.9. The van der Waals surface area contributed by atoms with E-state index in [1.54, 1.807) is 47.9 Å².